The zero-order valence-corrected chi connectivity index (χ0v) is 11.4. The molecule has 2 atom stereocenters. The fraction of sp³-hybridized carbons (Fsp3) is 0.500. The molecule has 1 N–H and O–H groups in total. The number of piperidine rings is 1. The van der Waals surface area contributed by atoms with Crippen molar-refractivity contribution >= 4 is 11.6 Å². The van der Waals surface area contributed by atoms with E-state index in [4.69, 9.17) is 0 Å². The minimum absolute atomic E-state index is 0.0259. The number of carbonyl (C=O) groups is 1. The third kappa shape index (κ3) is 3.14. The molecule has 0 bridgehead atoms. The molecule has 0 saturated carbocycles. The van der Waals surface area contributed by atoms with Crippen LogP contribution in [-0.2, 0) is 0 Å². The van der Waals surface area contributed by atoms with E-state index in [0.29, 0.717) is 18.7 Å². The van der Waals surface area contributed by atoms with Crippen LogP contribution in [0.4, 0.5) is 5.69 Å². The molecular formula is C14H18N2O4. The number of benzene rings is 1. The Balaban J connectivity index is 2.08. The fourth-order valence-electron chi connectivity index (χ4n) is 2.50. The Kier molecular flexibility index (Phi) is 4.34. The maximum Gasteiger partial charge on any atom is 0.269 e. The van der Waals surface area contributed by atoms with E-state index >= 15 is 0 Å². The van der Waals surface area contributed by atoms with Crippen LogP contribution in [0, 0.1) is 16.0 Å². The number of aliphatic hydroxyl groups excluding tert-OH is 1. The first kappa shape index (κ1) is 14.5. The highest BCUT2D eigenvalue weighted by atomic mass is 16.6. The van der Waals surface area contributed by atoms with Crippen molar-refractivity contribution in [3.05, 3.63) is 39.9 Å². The Morgan fingerprint density at radius 3 is 2.65 bits per heavy atom. The van der Waals surface area contributed by atoms with Crippen LogP contribution >= 0.6 is 0 Å². The minimum atomic E-state index is -0.487. The average Bonchev–Trinajstić information content (AvgIpc) is 2.46. The Bertz CT molecular complexity index is 498. The van der Waals surface area contributed by atoms with E-state index in [9.17, 15) is 20.0 Å². The van der Waals surface area contributed by atoms with Crippen molar-refractivity contribution in [3.8, 4) is 0 Å². The van der Waals surface area contributed by atoms with Crippen molar-refractivity contribution in [3.63, 3.8) is 0 Å². The summed E-state index contributed by atoms with van der Waals surface area (Å²) in [5, 5.41) is 20.2. The normalized spacial score (nSPS) is 20.5. The number of likely N-dealkylation sites (tertiary alicyclic amines) is 1. The third-order valence-electron chi connectivity index (χ3n) is 3.75. The monoisotopic (exact) mass is 278 g/mol. The summed E-state index contributed by atoms with van der Waals surface area (Å²) in [5.41, 5.74) is 0.420. The Labute approximate surface area is 117 Å². The highest BCUT2D eigenvalue weighted by Gasteiger charge is 2.27. The van der Waals surface area contributed by atoms with Crippen LogP contribution in [-0.4, -0.2) is 40.0 Å². The summed E-state index contributed by atoms with van der Waals surface area (Å²) < 4.78 is 0. The highest BCUT2D eigenvalue weighted by molar-refractivity contribution is 5.94. The summed E-state index contributed by atoms with van der Waals surface area (Å²) in [5.74, 6) is -0.0315. The molecule has 0 aliphatic carbocycles. The van der Waals surface area contributed by atoms with Gasteiger partial charge in [-0.1, -0.05) is 0 Å². The van der Waals surface area contributed by atoms with Gasteiger partial charge in [-0.3, -0.25) is 14.9 Å². The molecule has 1 aromatic rings. The second kappa shape index (κ2) is 6.00. The van der Waals surface area contributed by atoms with Crippen molar-refractivity contribution in [1.82, 2.24) is 4.90 Å². The molecule has 2 unspecified atom stereocenters. The lowest BCUT2D eigenvalue weighted by Crippen LogP contribution is -2.42. The van der Waals surface area contributed by atoms with E-state index in [0.717, 1.165) is 12.8 Å². The summed E-state index contributed by atoms with van der Waals surface area (Å²) >= 11 is 0. The smallest absolute Gasteiger partial charge is 0.269 e. The first-order valence-corrected chi connectivity index (χ1v) is 6.71. The molecule has 1 heterocycles. The van der Waals surface area contributed by atoms with Crippen LogP contribution in [0.1, 0.15) is 30.1 Å². The largest absolute Gasteiger partial charge is 0.393 e. The Morgan fingerprint density at radius 1 is 1.45 bits per heavy atom. The molecule has 0 radical (unpaired) electrons. The van der Waals surface area contributed by atoms with Crippen LogP contribution in [0.5, 0.6) is 0 Å². The van der Waals surface area contributed by atoms with Gasteiger partial charge in [0, 0.05) is 36.7 Å². The first-order chi connectivity index (χ1) is 9.49. The van der Waals surface area contributed by atoms with Crippen LogP contribution in [0.25, 0.3) is 0 Å². The molecule has 2 rings (SSSR count). The lowest BCUT2D eigenvalue weighted by Gasteiger charge is -2.34. The van der Waals surface area contributed by atoms with Crippen molar-refractivity contribution in [2.75, 3.05) is 13.1 Å². The predicted molar refractivity (Wildman–Crippen MR) is 73.4 cm³/mol. The van der Waals surface area contributed by atoms with Gasteiger partial charge in [0.2, 0.25) is 0 Å². The van der Waals surface area contributed by atoms with Crippen LogP contribution in [0.15, 0.2) is 24.3 Å². The van der Waals surface area contributed by atoms with Crippen molar-refractivity contribution < 1.29 is 14.8 Å². The number of aliphatic hydroxyl groups is 1. The van der Waals surface area contributed by atoms with Crippen molar-refractivity contribution in [1.29, 1.82) is 0 Å². The van der Waals surface area contributed by atoms with Gasteiger partial charge in [0.05, 0.1) is 11.0 Å². The summed E-state index contributed by atoms with van der Waals surface area (Å²) in [6.45, 7) is 2.94. The fourth-order valence-corrected chi connectivity index (χ4v) is 2.50. The van der Waals surface area contributed by atoms with E-state index in [2.05, 4.69) is 0 Å². The molecule has 1 fully saturated rings. The number of amides is 1. The first-order valence-electron chi connectivity index (χ1n) is 6.71. The zero-order valence-electron chi connectivity index (χ0n) is 11.4. The molecule has 1 aliphatic heterocycles. The number of rotatable bonds is 3. The van der Waals surface area contributed by atoms with Gasteiger partial charge >= 0.3 is 0 Å². The SMILES string of the molecule is CC(O)C1CCCN(C(=O)c2ccc([N+](=O)[O-])cc2)C1. The van der Waals surface area contributed by atoms with Gasteiger partial charge < -0.3 is 10.0 Å². The van der Waals surface area contributed by atoms with Gasteiger partial charge in [0.25, 0.3) is 11.6 Å². The number of nitro groups is 1. The number of nitrogens with zero attached hydrogens (tertiary/aromatic N) is 2. The third-order valence-corrected chi connectivity index (χ3v) is 3.75. The molecule has 1 saturated heterocycles. The van der Waals surface area contributed by atoms with Gasteiger partial charge in [-0.15, -0.1) is 0 Å². The van der Waals surface area contributed by atoms with E-state index in [1.807, 2.05) is 0 Å². The lowest BCUT2D eigenvalue weighted by molar-refractivity contribution is -0.384. The van der Waals surface area contributed by atoms with Gasteiger partial charge in [-0.05, 0) is 31.9 Å². The predicted octanol–water partition coefficient (Wildman–Crippen LogP) is 1.83. The highest BCUT2D eigenvalue weighted by Crippen LogP contribution is 2.22. The Hall–Kier alpha value is -1.95. The van der Waals surface area contributed by atoms with Gasteiger partial charge in [-0.2, -0.15) is 0 Å². The van der Waals surface area contributed by atoms with Crippen LogP contribution in [0.3, 0.4) is 0 Å². The Morgan fingerprint density at radius 2 is 2.10 bits per heavy atom. The van der Waals surface area contributed by atoms with E-state index in [-0.39, 0.29) is 17.5 Å². The molecule has 1 aliphatic rings. The van der Waals surface area contributed by atoms with Crippen LogP contribution < -0.4 is 0 Å². The number of hydrogen-bond donors (Lipinski definition) is 1. The summed E-state index contributed by atoms with van der Waals surface area (Å²) in [4.78, 5) is 24.1. The molecule has 20 heavy (non-hydrogen) atoms. The minimum Gasteiger partial charge on any atom is -0.393 e. The number of non-ortho nitro benzene ring substituents is 1. The lowest BCUT2D eigenvalue weighted by atomic mass is 9.93. The average molecular weight is 278 g/mol. The molecule has 0 spiro atoms. The molecule has 1 amide bonds. The molecular weight excluding hydrogens is 260 g/mol. The van der Waals surface area contributed by atoms with E-state index < -0.39 is 11.0 Å². The molecule has 6 nitrogen and oxygen atoms in total. The van der Waals surface area contributed by atoms with Crippen LogP contribution in [0.2, 0.25) is 0 Å². The zero-order chi connectivity index (χ0) is 14.7. The molecule has 0 aromatic heterocycles. The number of nitro benzene ring substituents is 1. The topological polar surface area (TPSA) is 83.7 Å². The number of hydrogen-bond acceptors (Lipinski definition) is 4. The van der Waals surface area contributed by atoms with Gasteiger partial charge in [0.15, 0.2) is 0 Å². The molecule has 1 aromatic carbocycles. The van der Waals surface area contributed by atoms with Crippen molar-refractivity contribution in [2.45, 2.75) is 25.9 Å². The van der Waals surface area contributed by atoms with Gasteiger partial charge in [-0.25, -0.2) is 0 Å². The summed E-state index contributed by atoms with van der Waals surface area (Å²) in [6.07, 6.45) is 1.36. The molecule has 6 heteroatoms. The number of carbonyl (C=O) groups excluding carboxylic acids is 1. The summed E-state index contributed by atoms with van der Waals surface area (Å²) in [7, 11) is 0. The summed E-state index contributed by atoms with van der Waals surface area (Å²) in [6, 6.07) is 5.63. The molecule has 108 valence electrons. The van der Waals surface area contributed by atoms with E-state index in [1.54, 1.807) is 11.8 Å². The van der Waals surface area contributed by atoms with Gasteiger partial charge in [0.1, 0.15) is 0 Å². The second-order valence-electron chi connectivity index (χ2n) is 5.20. The second-order valence-corrected chi connectivity index (χ2v) is 5.20. The standard InChI is InChI=1S/C14H18N2O4/c1-10(17)12-3-2-8-15(9-12)14(18)11-4-6-13(7-5-11)16(19)20/h4-7,10,12,17H,2-3,8-9H2,1H3. The maximum atomic E-state index is 12.3. The van der Waals surface area contributed by atoms with Crippen molar-refractivity contribution in [2.24, 2.45) is 5.92 Å². The van der Waals surface area contributed by atoms with E-state index in [1.165, 1.54) is 24.3 Å². The quantitative estimate of drug-likeness (QED) is 0.675. The maximum absolute atomic E-state index is 12.3.